The molecule has 5 heteroatoms. The Morgan fingerprint density at radius 3 is 2.80 bits per heavy atom. The van der Waals surface area contributed by atoms with Crippen LogP contribution in [0.15, 0.2) is 21.2 Å². The fraction of sp³-hybridized carbons (Fsp3) is 0.500. The van der Waals surface area contributed by atoms with E-state index in [1.54, 1.807) is 6.20 Å². The van der Waals surface area contributed by atoms with Crippen LogP contribution in [-0.4, -0.2) is 22.7 Å². The van der Waals surface area contributed by atoms with E-state index < -0.39 is 0 Å². The molecule has 0 saturated carbocycles. The lowest BCUT2D eigenvalue weighted by Gasteiger charge is -2.17. The van der Waals surface area contributed by atoms with Gasteiger partial charge >= 0.3 is 0 Å². The summed E-state index contributed by atoms with van der Waals surface area (Å²) in [5.41, 5.74) is 0. The number of rotatable bonds is 5. The highest BCUT2D eigenvalue weighted by atomic mass is 79.9. The number of aliphatic hydroxyl groups is 1. The van der Waals surface area contributed by atoms with Crippen molar-refractivity contribution in [2.75, 3.05) is 11.9 Å². The van der Waals surface area contributed by atoms with E-state index in [0.717, 1.165) is 27.6 Å². The Balaban J connectivity index is 2.70. The lowest BCUT2D eigenvalue weighted by Crippen LogP contribution is -2.20. The monoisotopic (exact) mass is 336 g/mol. The molecule has 0 aliphatic rings. The molecule has 0 fully saturated rings. The van der Waals surface area contributed by atoms with E-state index in [9.17, 15) is 0 Å². The average Bonchev–Trinajstić information content (AvgIpc) is 2.21. The summed E-state index contributed by atoms with van der Waals surface area (Å²) in [5.74, 6) is 0.818. The first kappa shape index (κ1) is 12.9. The number of anilines is 1. The third kappa shape index (κ3) is 4.09. The maximum atomic E-state index is 8.88. The van der Waals surface area contributed by atoms with Crippen LogP contribution in [-0.2, 0) is 0 Å². The minimum Gasteiger partial charge on any atom is -0.396 e. The van der Waals surface area contributed by atoms with Gasteiger partial charge in [-0.05, 0) is 50.8 Å². The number of halogens is 2. The SMILES string of the molecule is CCC(CCO)Nc1ncc(Br)cc1Br. The van der Waals surface area contributed by atoms with Gasteiger partial charge in [-0.3, -0.25) is 0 Å². The van der Waals surface area contributed by atoms with E-state index in [4.69, 9.17) is 5.11 Å². The molecule has 1 rings (SSSR count). The highest BCUT2D eigenvalue weighted by Gasteiger charge is 2.08. The molecule has 0 spiro atoms. The molecule has 1 aromatic heterocycles. The molecule has 0 aliphatic carbocycles. The lowest BCUT2D eigenvalue weighted by molar-refractivity contribution is 0.278. The highest BCUT2D eigenvalue weighted by Crippen LogP contribution is 2.24. The van der Waals surface area contributed by atoms with Gasteiger partial charge in [-0.2, -0.15) is 0 Å². The number of nitrogens with zero attached hydrogens (tertiary/aromatic N) is 1. The Morgan fingerprint density at radius 2 is 2.27 bits per heavy atom. The quantitative estimate of drug-likeness (QED) is 0.867. The van der Waals surface area contributed by atoms with Gasteiger partial charge in [-0.15, -0.1) is 0 Å². The van der Waals surface area contributed by atoms with Gasteiger partial charge in [0, 0.05) is 23.3 Å². The summed E-state index contributed by atoms with van der Waals surface area (Å²) in [6.07, 6.45) is 3.45. The van der Waals surface area contributed by atoms with E-state index in [-0.39, 0.29) is 12.6 Å². The lowest BCUT2D eigenvalue weighted by atomic mass is 10.1. The van der Waals surface area contributed by atoms with E-state index >= 15 is 0 Å². The molecule has 1 aromatic rings. The van der Waals surface area contributed by atoms with Crippen molar-refractivity contribution in [3.63, 3.8) is 0 Å². The summed E-state index contributed by atoms with van der Waals surface area (Å²) < 4.78 is 1.86. The molecular formula is C10H14Br2N2O. The molecule has 3 nitrogen and oxygen atoms in total. The smallest absolute Gasteiger partial charge is 0.140 e. The van der Waals surface area contributed by atoms with Crippen LogP contribution >= 0.6 is 31.9 Å². The summed E-state index contributed by atoms with van der Waals surface area (Å²) in [6, 6.07) is 2.21. The van der Waals surface area contributed by atoms with Gasteiger partial charge in [-0.25, -0.2) is 4.98 Å². The topological polar surface area (TPSA) is 45.1 Å². The summed E-state index contributed by atoms with van der Waals surface area (Å²) in [6.45, 7) is 2.28. The minimum atomic E-state index is 0.194. The third-order valence-electron chi connectivity index (χ3n) is 2.12. The van der Waals surface area contributed by atoms with Crippen LogP contribution in [0, 0.1) is 0 Å². The van der Waals surface area contributed by atoms with E-state index in [1.807, 2.05) is 6.07 Å². The average molecular weight is 338 g/mol. The van der Waals surface area contributed by atoms with E-state index in [0.29, 0.717) is 0 Å². The van der Waals surface area contributed by atoms with Crippen molar-refractivity contribution < 1.29 is 5.11 Å². The predicted octanol–water partition coefficient (Wildman–Crippen LogP) is 3.18. The first-order chi connectivity index (χ1) is 7.17. The molecule has 1 unspecified atom stereocenters. The van der Waals surface area contributed by atoms with Crippen LogP contribution in [0.3, 0.4) is 0 Å². The first-order valence-corrected chi connectivity index (χ1v) is 6.44. The van der Waals surface area contributed by atoms with Crippen molar-refractivity contribution in [2.45, 2.75) is 25.8 Å². The molecule has 0 saturated heterocycles. The molecule has 1 heterocycles. The second-order valence-electron chi connectivity index (χ2n) is 3.25. The zero-order valence-electron chi connectivity index (χ0n) is 8.50. The fourth-order valence-corrected chi connectivity index (χ4v) is 2.35. The summed E-state index contributed by atoms with van der Waals surface area (Å²) >= 11 is 6.79. The number of nitrogens with one attached hydrogen (secondary N) is 1. The fourth-order valence-electron chi connectivity index (χ4n) is 1.25. The van der Waals surface area contributed by atoms with Gasteiger partial charge in [0.1, 0.15) is 5.82 Å². The third-order valence-corrected chi connectivity index (χ3v) is 3.16. The molecule has 0 radical (unpaired) electrons. The molecule has 0 aromatic carbocycles. The Kier molecular flexibility index (Phi) is 5.56. The predicted molar refractivity (Wildman–Crippen MR) is 69.0 cm³/mol. The normalized spacial score (nSPS) is 12.5. The van der Waals surface area contributed by atoms with Crippen LogP contribution in [0.4, 0.5) is 5.82 Å². The van der Waals surface area contributed by atoms with Crippen LogP contribution in [0.25, 0.3) is 0 Å². The number of pyridine rings is 1. The summed E-state index contributed by atoms with van der Waals surface area (Å²) in [4.78, 5) is 4.26. The Hall–Kier alpha value is -0.130. The van der Waals surface area contributed by atoms with Gasteiger partial charge in [0.2, 0.25) is 0 Å². The van der Waals surface area contributed by atoms with Crippen molar-refractivity contribution in [1.82, 2.24) is 4.98 Å². The molecule has 0 amide bonds. The largest absolute Gasteiger partial charge is 0.396 e. The summed E-state index contributed by atoms with van der Waals surface area (Å²) in [7, 11) is 0. The maximum Gasteiger partial charge on any atom is 0.140 e. The molecule has 0 bridgehead atoms. The van der Waals surface area contributed by atoms with Gasteiger partial charge in [0.15, 0.2) is 0 Å². The van der Waals surface area contributed by atoms with Crippen LogP contribution < -0.4 is 5.32 Å². The molecule has 1 atom stereocenters. The second kappa shape index (κ2) is 6.45. The van der Waals surface area contributed by atoms with Crippen LogP contribution in [0.5, 0.6) is 0 Å². The molecular weight excluding hydrogens is 324 g/mol. The maximum absolute atomic E-state index is 8.88. The Morgan fingerprint density at radius 1 is 1.53 bits per heavy atom. The van der Waals surface area contributed by atoms with Gasteiger partial charge < -0.3 is 10.4 Å². The van der Waals surface area contributed by atoms with Gasteiger partial charge in [0.05, 0.1) is 4.47 Å². The van der Waals surface area contributed by atoms with Gasteiger partial charge in [0.25, 0.3) is 0 Å². The minimum absolute atomic E-state index is 0.194. The standard InChI is InChI=1S/C10H14Br2N2O/c1-2-8(3-4-15)14-10-9(12)5-7(11)6-13-10/h5-6,8,15H,2-4H2,1H3,(H,13,14). The number of aliphatic hydroxyl groups excluding tert-OH is 1. The van der Waals surface area contributed by atoms with Crippen molar-refractivity contribution in [3.8, 4) is 0 Å². The van der Waals surface area contributed by atoms with Gasteiger partial charge in [-0.1, -0.05) is 6.92 Å². The van der Waals surface area contributed by atoms with Crippen LogP contribution in [0.1, 0.15) is 19.8 Å². The first-order valence-electron chi connectivity index (χ1n) is 4.85. The molecule has 84 valence electrons. The van der Waals surface area contributed by atoms with Crippen molar-refractivity contribution in [2.24, 2.45) is 0 Å². The molecule has 2 N–H and O–H groups in total. The number of hydrogen-bond acceptors (Lipinski definition) is 3. The number of hydrogen-bond donors (Lipinski definition) is 2. The van der Waals surface area contributed by atoms with Crippen molar-refractivity contribution in [1.29, 1.82) is 0 Å². The number of aromatic nitrogens is 1. The van der Waals surface area contributed by atoms with E-state index in [2.05, 4.69) is 49.1 Å². The zero-order valence-corrected chi connectivity index (χ0v) is 11.7. The molecule has 15 heavy (non-hydrogen) atoms. The second-order valence-corrected chi connectivity index (χ2v) is 5.02. The van der Waals surface area contributed by atoms with Crippen molar-refractivity contribution >= 4 is 37.7 Å². The van der Waals surface area contributed by atoms with E-state index in [1.165, 1.54) is 0 Å². The van der Waals surface area contributed by atoms with Crippen LogP contribution in [0.2, 0.25) is 0 Å². The Bertz CT molecular complexity index is 320. The van der Waals surface area contributed by atoms with Crippen molar-refractivity contribution in [3.05, 3.63) is 21.2 Å². The highest BCUT2D eigenvalue weighted by molar-refractivity contribution is 9.11. The molecule has 0 aliphatic heterocycles. The summed E-state index contributed by atoms with van der Waals surface area (Å²) in [5, 5.41) is 12.2. The Labute approximate surface area is 107 Å². The zero-order chi connectivity index (χ0) is 11.3.